The van der Waals surface area contributed by atoms with E-state index in [1.807, 2.05) is 0 Å². The highest BCUT2D eigenvalue weighted by Crippen LogP contribution is 2.40. The minimum atomic E-state index is -4.06. The fraction of sp³-hybridized carbons (Fsp3) is 0. The number of hydrogen-bond donors (Lipinski definition) is 1. The third-order valence-electron chi connectivity index (χ3n) is 4.52. The average Bonchev–Trinajstić information content (AvgIpc) is 3.20. The molecule has 1 aromatic heterocycles. The second kappa shape index (κ2) is 8.17. The second-order valence-corrected chi connectivity index (χ2v) is 11.4. The summed E-state index contributed by atoms with van der Waals surface area (Å²) in [5.41, 5.74) is 1.24. The minimum absolute atomic E-state index is 0.103. The Labute approximate surface area is 187 Å². The van der Waals surface area contributed by atoms with E-state index in [1.165, 1.54) is 48.5 Å². The Morgan fingerprint density at radius 2 is 1.16 bits per heavy atom. The molecule has 0 unspecified atom stereocenters. The fourth-order valence-corrected chi connectivity index (χ4v) is 6.15. The first-order chi connectivity index (χ1) is 15.1. The van der Waals surface area contributed by atoms with Gasteiger partial charge in [0, 0.05) is 5.56 Å². The molecule has 4 aromatic rings. The monoisotopic (exact) mass is 492 g/mol. The number of nitrogens with zero attached hydrogens (tertiary/aromatic N) is 1. The zero-order valence-electron chi connectivity index (χ0n) is 16.1. The van der Waals surface area contributed by atoms with E-state index in [4.69, 9.17) is 5.14 Å². The predicted molar refractivity (Wildman–Crippen MR) is 116 cm³/mol. The van der Waals surface area contributed by atoms with Gasteiger partial charge in [0.15, 0.2) is 0 Å². The van der Waals surface area contributed by atoms with Gasteiger partial charge in [0.2, 0.25) is 24.2 Å². The number of hydrogen-bond acceptors (Lipinski definition) is 6. The smallest absolute Gasteiger partial charge is 0.225 e. The molecule has 1 heterocycles. The molecule has 11 heteroatoms. The molecular weight excluding hydrogens is 478 g/mol. The molecule has 0 atom stereocenters. The van der Waals surface area contributed by atoms with Crippen molar-refractivity contribution in [2.24, 2.45) is 5.14 Å². The van der Waals surface area contributed by atoms with E-state index in [2.05, 4.69) is 4.98 Å². The zero-order chi connectivity index (χ0) is 23.1. The number of nitrogens with two attached hydrogens (primary N) is 1. The lowest BCUT2D eigenvalue weighted by Gasteiger charge is -2.04. The van der Waals surface area contributed by atoms with E-state index in [-0.39, 0.29) is 19.8 Å². The number of thiazole rings is 1. The van der Waals surface area contributed by atoms with Gasteiger partial charge in [-0.3, -0.25) is 0 Å². The molecule has 0 aliphatic rings. The van der Waals surface area contributed by atoms with Crippen LogP contribution in [-0.4, -0.2) is 21.8 Å². The standard InChI is InChI=1S/C21H14F2N2O4S3/c22-15-5-1-13(2-6-15)19-20(14-3-9-18(10-4-14)32(24,28)29)30-21(25-19)31(26,27)17-11-7-16(23)8-12-17/h1-12H,(H2,24,28,29). The third kappa shape index (κ3) is 4.32. The molecule has 0 radical (unpaired) electrons. The van der Waals surface area contributed by atoms with Gasteiger partial charge >= 0.3 is 0 Å². The number of sulfonamides is 1. The van der Waals surface area contributed by atoms with Gasteiger partial charge in [-0.1, -0.05) is 12.1 Å². The molecule has 0 spiro atoms. The van der Waals surface area contributed by atoms with Crippen LogP contribution in [0.4, 0.5) is 8.78 Å². The van der Waals surface area contributed by atoms with E-state index >= 15 is 0 Å². The summed E-state index contributed by atoms with van der Waals surface area (Å²) < 4.78 is 75.7. The van der Waals surface area contributed by atoms with Crippen molar-refractivity contribution in [1.82, 2.24) is 4.98 Å². The molecule has 0 aliphatic carbocycles. The lowest BCUT2D eigenvalue weighted by atomic mass is 10.1. The molecule has 0 aliphatic heterocycles. The minimum Gasteiger partial charge on any atom is -0.225 e. The normalized spacial score (nSPS) is 12.1. The summed E-state index contributed by atoms with van der Waals surface area (Å²) in [5, 5.41) is 5.14. The molecule has 4 rings (SSSR count). The fourth-order valence-electron chi connectivity index (χ4n) is 2.93. The Kier molecular flexibility index (Phi) is 5.67. The first-order valence-electron chi connectivity index (χ1n) is 8.96. The second-order valence-electron chi connectivity index (χ2n) is 6.69. The summed E-state index contributed by atoms with van der Waals surface area (Å²) in [6.07, 6.45) is 0. The van der Waals surface area contributed by atoms with Crippen molar-refractivity contribution in [3.63, 3.8) is 0 Å². The Bertz CT molecular complexity index is 1500. The van der Waals surface area contributed by atoms with Crippen LogP contribution in [0.2, 0.25) is 0 Å². The number of halogens is 2. The van der Waals surface area contributed by atoms with Crippen LogP contribution in [-0.2, 0) is 19.9 Å². The van der Waals surface area contributed by atoms with Gasteiger partial charge in [0.05, 0.1) is 20.4 Å². The van der Waals surface area contributed by atoms with Crippen molar-refractivity contribution in [3.8, 4) is 21.7 Å². The first kappa shape index (κ1) is 22.2. The van der Waals surface area contributed by atoms with Crippen LogP contribution in [0.15, 0.2) is 86.9 Å². The number of aromatic nitrogens is 1. The van der Waals surface area contributed by atoms with Crippen molar-refractivity contribution in [1.29, 1.82) is 0 Å². The summed E-state index contributed by atoms with van der Waals surface area (Å²) >= 11 is 0.864. The zero-order valence-corrected chi connectivity index (χ0v) is 18.5. The molecule has 0 saturated carbocycles. The van der Waals surface area contributed by atoms with Crippen molar-refractivity contribution >= 4 is 31.2 Å². The van der Waals surface area contributed by atoms with Crippen LogP contribution in [0, 0.1) is 11.6 Å². The van der Waals surface area contributed by atoms with Crippen molar-refractivity contribution in [2.45, 2.75) is 14.1 Å². The van der Waals surface area contributed by atoms with Gasteiger partial charge in [0.25, 0.3) is 0 Å². The van der Waals surface area contributed by atoms with Gasteiger partial charge in [-0.15, -0.1) is 11.3 Å². The van der Waals surface area contributed by atoms with E-state index in [0.29, 0.717) is 16.0 Å². The molecular formula is C21H14F2N2O4S3. The molecule has 0 bridgehead atoms. The summed E-state index contributed by atoms with van der Waals surface area (Å²) in [4.78, 5) is 4.49. The van der Waals surface area contributed by atoms with Gasteiger partial charge in [-0.25, -0.2) is 35.7 Å². The highest BCUT2D eigenvalue weighted by atomic mass is 32.2. The van der Waals surface area contributed by atoms with E-state index in [0.717, 1.165) is 35.6 Å². The van der Waals surface area contributed by atoms with Gasteiger partial charge in [-0.2, -0.15) is 0 Å². The number of rotatable bonds is 5. The summed E-state index contributed by atoms with van der Waals surface area (Å²) in [5.74, 6) is -1.05. The number of sulfone groups is 1. The summed E-state index contributed by atoms with van der Waals surface area (Å²) in [6.45, 7) is 0. The maximum absolute atomic E-state index is 13.4. The molecule has 0 fully saturated rings. The maximum atomic E-state index is 13.4. The molecule has 0 amide bonds. The van der Waals surface area contributed by atoms with Crippen LogP contribution >= 0.6 is 11.3 Å². The van der Waals surface area contributed by atoms with Crippen LogP contribution in [0.5, 0.6) is 0 Å². The van der Waals surface area contributed by atoms with Gasteiger partial charge in [0.1, 0.15) is 11.6 Å². The van der Waals surface area contributed by atoms with Crippen molar-refractivity contribution < 1.29 is 25.6 Å². The Hall–Kier alpha value is -2.99. The molecule has 32 heavy (non-hydrogen) atoms. The van der Waals surface area contributed by atoms with Crippen molar-refractivity contribution in [2.75, 3.05) is 0 Å². The maximum Gasteiger partial charge on any atom is 0.238 e. The Morgan fingerprint density at radius 3 is 1.69 bits per heavy atom. The summed E-state index contributed by atoms with van der Waals surface area (Å²) in [7, 11) is -7.97. The average molecular weight is 493 g/mol. The Balaban J connectivity index is 1.89. The SMILES string of the molecule is NS(=O)(=O)c1ccc(-c2sc(S(=O)(=O)c3ccc(F)cc3)nc2-c2ccc(F)cc2)cc1. The predicted octanol–water partition coefficient (Wildman–Crippen LogP) is 4.24. The lowest BCUT2D eigenvalue weighted by Crippen LogP contribution is -2.11. The first-order valence-corrected chi connectivity index (χ1v) is 12.8. The number of primary sulfonamides is 1. The highest BCUT2D eigenvalue weighted by molar-refractivity contribution is 7.93. The van der Waals surface area contributed by atoms with Crippen LogP contribution < -0.4 is 5.14 Å². The van der Waals surface area contributed by atoms with Crippen LogP contribution in [0.3, 0.4) is 0 Å². The van der Waals surface area contributed by atoms with Crippen molar-refractivity contribution in [3.05, 3.63) is 84.4 Å². The van der Waals surface area contributed by atoms with E-state index < -0.39 is 31.5 Å². The third-order valence-corrected chi connectivity index (χ3v) is 8.70. The molecule has 3 aromatic carbocycles. The lowest BCUT2D eigenvalue weighted by molar-refractivity contribution is 0.593. The molecule has 2 N–H and O–H groups in total. The number of benzene rings is 3. The van der Waals surface area contributed by atoms with E-state index in [9.17, 15) is 25.6 Å². The highest BCUT2D eigenvalue weighted by Gasteiger charge is 2.26. The quantitative estimate of drug-likeness (QED) is 0.420. The topological polar surface area (TPSA) is 107 Å². The molecule has 164 valence electrons. The largest absolute Gasteiger partial charge is 0.238 e. The molecule has 0 saturated heterocycles. The summed E-state index contributed by atoms with van der Waals surface area (Å²) in [6, 6.07) is 15.3. The van der Waals surface area contributed by atoms with Gasteiger partial charge < -0.3 is 0 Å². The van der Waals surface area contributed by atoms with Gasteiger partial charge in [-0.05, 0) is 66.2 Å². The molecule has 6 nitrogen and oxygen atoms in total. The van der Waals surface area contributed by atoms with E-state index in [1.54, 1.807) is 0 Å². The van der Waals surface area contributed by atoms with Crippen LogP contribution in [0.1, 0.15) is 0 Å². The van der Waals surface area contributed by atoms with Crippen LogP contribution in [0.25, 0.3) is 21.7 Å². The Morgan fingerprint density at radius 1 is 0.688 bits per heavy atom.